The van der Waals surface area contributed by atoms with E-state index in [0.29, 0.717) is 12.5 Å². The normalized spacial score (nSPS) is 18.8. The Labute approximate surface area is 144 Å². The molecule has 0 aromatic heterocycles. The van der Waals surface area contributed by atoms with Crippen molar-refractivity contribution >= 4 is 16.0 Å². The summed E-state index contributed by atoms with van der Waals surface area (Å²) in [6, 6.07) is 6.84. The molecule has 134 valence electrons. The van der Waals surface area contributed by atoms with Crippen LogP contribution in [0.1, 0.15) is 18.4 Å². The first kappa shape index (κ1) is 18.7. The van der Waals surface area contributed by atoms with Gasteiger partial charge in [-0.25, -0.2) is 12.7 Å². The molecule has 1 aromatic carbocycles. The fourth-order valence-electron chi connectivity index (χ4n) is 2.41. The van der Waals surface area contributed by atoms with Crippen molar-refractivity contribution < 1.29 is 13.2 Å². The minimum atomic E-state index is -3.38. The van der Waals surface area contributed by atoms with Gasteiger partial charge in [0.25, 0.3) is 0 Å². The second-order valence-electron chi connectivity index (χ2n) is 5.87. The maximum Gasteiger partial charge on any atom is 0.242 e. The number of hydrogen-bond donors (Lipinski definition) is 2. The highest BCUT2D eigenvalue weighted by molar-refractivity contribution is 7.89. The molecule has 2 N–H and O–H groups in total. The summed E-state index contributed by atoms with van der Waals surface area (Å²) < 4.78 is 30.8. The average molecular weight is 354 g/mol. The SMILES string of the molecule is CN=C(NCc1ccc(S(=O)(=O)N(C)C)cc1)NCC1CCCO1. The van der Waals surface area contributed by atoms with E-state index in [1.54, 1.807) is 31.3 Å². The van der Waals surface area contributed by atoms with Crippen LogP contribution in [0.5, 0.6) is 0 Å². The maximum absolute atomic E-state index is 12.0. The Kier molecular flexibility index (Phi) is 6.59. The molecule has 1 atom stereocenters. The first-order valence-electron chi connectivity index (χ1n) is 8.01. The van der Waals surface area contributed by atoms with E-state index < -0.39 is 10.0 Å². The van der Waals surface area contributed by atoms with E-state index in [9.17, 15) is 8.42 Å². The molecular formula is C16H26N4O3S. The van der Waals surface area contributed by atoms with Crippen LogP contribution in [-0.4, -0.2) is 59.1 Å². The summed E-state index contributed by atoms with van der Waals surface area (Å²) in [6.07, 6.45) is 2.44. The highest BCUT2D eigenvalue weighted by Crippen LogP contribution is 2.14. The molecule has 0 aliphatic carbocycles. The standard InChI is InChI=1S/C16H26N4O3S/c1-17-16(19-12-14-5-4-10-23-14)18-11-13-6-8-15(9-7-13)24(21,22)20(2)3/h6-9,14H,4-5,10-12H2,1-3H3,(H2,17,18,19). The van der Waals surface area contributed by atoms with Crippen molar-refractivity contribution in [2.45, 2.75) is 30.4 Å². The van der Waals surface area contributed by atoms with Crippen LogP contribution in [0.4, 0.5) is 0 Å². The van der Waals surface area contributed by atoms with Gasteiger partial charge in [0, 0.05) is 40.8 Å². The number of aliphatic imine (C=N–C) groups is 1. The molecule has 8 heteroatoms. The summed E-state index contributed by atoms with van der Waals surface area (Å²) in [5, 5.41) is 6.46. The Hall–Kier alpha value is -1.64. The van der Waals surface area contributed by atoms with Crippen LogP contribution in [0, 0.1) is 0 Å². The summed E-state index contributed by atoms with van der Waals surface area (Å²) in [4.78, 5) is 4.47. The summed E-state index contributed by atoms with van der Waals surface area (Å²) in [7, 11) is 1.38. The Morgan fingerprint density at radius 1 is 1.29 bits per heavy atom. The molecule has 1 heterocycles. The van der Waals surface area contributed by atoms with Crippen molar-refractivity contribution in [3.8, 4) is 0 Å². The number of hydrogen-bond acceptors (Lipinski definition) is 4. The summed E-state index contributed by atoms with van der Waals surface area (Å²) in [5.41, 5.74) is 0.979. The van der Waals surface area contributed by atoms with Crippen LogP contribution in [0.25, 0.3) is 0 Å². The molecule has 1 unspecified atom stereocenters. The van der Waals surface area contributed by atoms with Crippen molar-refractivity contribution in [2.75, 3.05) is 34.3 Å². The zero-order valence-electron chi connectivity index (χ0n) is 14.4. The lowest BCUT2D eigenvalue weighted by Crippen LogP contribution is -2.40. The van der Waals surface area contributed by atoms with Crippen molar-refractivity contribution in [3.05, 3.63) is 29.8 Å². The van der Waals surface area contributed by atoms with Crippen LogP contribution >= 0.6 is 0 Å². The third-order valence-corrected chi connectivity index (χ3v) is 5.74. The first-order chi connectivity index (χ1) is 11.4. The molecule has 1 fully saturated rings. The smallest absolute Gasteiger partial charge is 0.242 e. The van der Waals surface area contributed by atoms with Crippen LogP contribution in [-0.2, 0) is 21.3 Å². The van der Waals surface area contributed by atoms with Gasteiger partial charge in [-0.1, -0.05) is 12.1 Å². The van der Waals surface area contributed by atoms with E-state index in [-0.39, 0.29) is 11.0 Å². The molecule has 7 nitrogen and oxygen atoms in total. The third kappa shape index (κ3) is 4.93. The molecule has 0 amide bonds. The van der Waals surface area contributed by atoms with E-state index in [2.05, 4.69) is 15.6 Å². The lowest BCUT2D eigenvalue weighted by molar-refractivity contribution is 0.114. The van der Waals surface area contributed by atoms with Crippen molar-refractivity contribution in [1.29, 1.82) is 0 Å². The second kappa shape index (κ2) is 8.46. The van der Waals surface area contributed by atoms with Gasteiger partial charge in [0.2, 0.25) is 10.0 Å². The molecule has 24 heavy (non-hydrogen) atoms. The zero-order valence-corrected chi connectivity index (χ0v) is 15.3. The van der Waals surface area contributed by atoms with Crippen molar-refractivity contribution in [2.24, 2.45) is 4.99 Å². The topological polar surface area (TPSA) is 83.0 Å². The van der Waals surface area contributed by atoms with Gasteiger partial charge in [-0.3, -0.25) is 4.99 Å². The predicted molar refractivity (Wildman–Crippen MR) is 94.5 cm³/mol. The van der Waals surface area contributed by atoms with Crippen molar-refractivity contribution in [1.82, 2.24) is 14.9 Å². The summed E-state index contributed by atoms with van der Waals surface area (Å²) in [6.45, 7) is 2.13. The molecule has 1 saturated heterocycles. The Balaban J connectivity index is 1.86. The van der Waals surface area contributed by atoms with Gasteiger partial charge in [0.15, 0.2) is 5.96 Å². The monoisotopic (exact) mass is 354 g/mol. The van der Waals surface area contributed by atoms with Gasteiger partial charge in [0.1, 0.15) is 0 Å². The van der Waals surface area contributed by atoms with Crippen LogP contribution in [0.3, 0.4) is 0 Å². The van der Waals surface area contributed by atoms with E-state index in [0.717, 1.165) is 31.6 Å². The lowest BCUT2D eigenvalue weighted by Gasteiger charge is -2.15. The van der Waals surface area contributed by atoms with Gasteiger partial charge in [0.05, 0.1) is 11.0 Å². The average Bonchev–Trinajstić information content (AvgIpc) is 3.08. The van der Waals surface area contributed by atoms with E-state index in [1.165, 1.54) is 18.4 Å². The maximum atomic E-state index is 12.0. The molecule has 1 aromatic rings. The fraction of sp³-hybridized carbons (Fsp3) is 0.562. The number of nitrogens with one attached hydrogen (secondary N) is 2. The van der Waals surface area contributed by atoms with Crippen LogP contribution in [0.2, 0.25) is 0 Å². The number of sulfonamides is 1. The minimum absolute atomic E-state index is 0.249. The number of nitrogens with zero attached hydrogens (tertiary/aromatic N) is 2. The Morgan fingerprint density at radius 3 is 2.54 bits per heavy atom. The molecule has 0 bridgehead atoms. The Morgan fingerprint density at radius 2 is 2.00 bits per heavy atom. The predicted octanol–water partition coefficient (Wildman–Crippen LogP) is 0.781. The number of benzene rings is 1. The quantitative estimate of drug-likeness (QED) is 0.583. The van der Waals surface area contributed by atoms with Crippen LogP contribution < -0.4 is 10.6 Å². The molecule has 1 aliphatic rings. The van der Waals surface area contributed by atoms with E-state index in [4.69, 9.17) is 4.74 Å². The molecule has 0 radical (unpaired) electrons. The van der Waals surface area contributed by atoms with Crippen LogP contribution in [0.15, 0.2) is 34.2 Å². The third-order valence-electron chi connectivity index (χ3n) is 3.91. The Bertz CT molecular complexity index is 650. The second-order valence-corrected chi connectivity index (χ2v) is 8.02. The summed E-state index contributed by atoms with van der Waals surface area (Å²) in [5.74, 6) is 0.704. The van der Waals surface area contributed by atoms with E-state index >= 15 is 0 Å². The minimum Gasteiger partial charge on any atom is -0.376 e. The molecule has 2 rings (SSSR count). The van der Waals surface area contributed by atoms with Gasteiger partial charge < -0.3 is 15.4 Å². The highest BCUT2D eigenvalue weighted by Gasteiger charge is 2.17. The molecule has 1 aliphatic heterocycles. The molecular weight excluding hydrogens is 328 g/mol. The lowest BCUT2D eigenvalue weighted by atomic mass is 10.2. The fourth-order valence-corrected chi connectivity index (χ4v) is 3.31. The van der Waals surface area contributed by atoms with Gasteiger partial charge in [-0.15, -0.1) is 0 Å². The van der Waals surface area contributed by atoms with Gasteiger partial charge >= 0.3 is 0 Å². The highest BCUT2D eigenvalue weighted by atomic mass is 32.2. The number of guanidine groups is 1. The number of ether oxygens (including phenoxy) is 1. The first-order valence-corrected chi connectivity index (χ1v) is 9.45. The largest absolute Gasteiger partial charge is 0.376 e. The van der Waals surface area contributed by atoms with Gasteiger partial charge in [-0.2, -0.15) is 0 Å². The molecule has 0 spiro atoms. The summed E-state index contributed by atoms with van der Waals surface area (Å²) >= 11 is 0. The molecule has 0 saturated carbocycles. The zero-order chi connectivity index (χ0) is 17.6. The van der Waals surface area contributed by atoms with E-state index in [1.807, 2.05) is 0 Å². The number of rotatable bonds is 6. The van der Waals surface area contributed by atoms with Crippen molar-refractivity contribution in [3.63, 3.8) is 0 Å². The van der Waals surface area contributed by atoms with Gasteiger partial charge in [-0.05, 0) is 30.5 Å².